The Hall–Kier alpha value is -4.69. The first-order valence-corrected chi connectivity index (χ1v) is 11.9. The molecule has 2 atom stereocenters. The zero-order valence-electron chi connectivity index (χ0n) is 20.4. The number of urea groups is 1. The Bertz CT molecular complexity index is 1090. The molecule has 0 unspecified atom stereocenters. The fourth-order valence-corrected chi connectivity index (χ4v) is 3.53. The summed E-state index contributed by atoms with van der Waals surface area (Å²) < 4.78 is 4.97. The summed E-state index contributed by atoms with van der Waals surface area (Å²) in [5, 5.41) is 21.7. The molecule has 0 saturated carbocycles. The number of carboxylic acids is 1. The summed E-state index contributed by atoms with van der Waals surface area (Å²) >= 11 is 0. The van der Waals surface area contributed by atoms with Crippen LogP contribution in [0.4, 0.5) is 9.59 Å². The number of hydrogen-bond acceptors (Lipinski definition) is 9. The predicted octanol–water partition coefficient (Wildman–Crippen LogP) is -1.35. The van der Waals surface area contributed by atoms with Crippen molar-refractivity contribution in [1.82, 2.24) is 31.5 Å². The number of rotatable bonds is 11. The summed E-state index contributed by atoms with van der Waals surface area (Å²) in [5.41, 5.74) is 0.700. The number of carboxylic acid groups (broad SMARTS) is 1. The van der Waals surface area contributed by atoms with Crippen molar-refractivity contribution >= 4 is 41.8 Å². The van der Waals surface area contributed by atoms with Crippen LogP contribution in [-0.2, 0) is 30.5 Å². The number of imide groups is 1. The fourth-order valence-electron chi connectivity index (χ4n) is 3.53. The van der Waals surface area contributed by atoms with Gasteiger partial charge in [-0.2, -0.15) is 0 Å². The van der Waals surface area contributed by atoms with Crippen molar-refractivity contribution in [1.29, 1.82) is 0 Å². The van der Waals surface area contributed by atoms with Gasteiger partial charge in [0, 0.05) is 26.1 Å². The molecule has 1 saturated heterocycles. The highest BCUT2D eigenvalue weighted by Gasteiger charge is 2.39. The van der Waals surface area contributed by atoms with Gasteiger partial charge in [-0.25, -0.2) is 14.4 Å². The number of nitrogens with zero attached hydrogens (tertiary/aromatic N) is 2. The second kappa shape index (κ2) is 13.6. The molecule has 2 aliphatic rings. The van der Waals surface area contributed by atoms with Crippen LogP contribution >= 0.6 is 0 Å². The minimum atomic E-state index is -1.51. The third kappa shape index (κ3) is 8.46. The number of carbonyl (C=O) groups is 6. The molecule has 6 N–H and O–H groups in total. The quantitative estimate of drug-likeness (QED) is 0.186. The summed E-state index contributed by atoms with van der Waals surface area (Å²) in [6, 6.07) is 5.42. The molecule has 1 aromatic carbocycles. The second-order valence-electron chi connectivity index (χ2n) is 8.42. The minimum absolute atomic E-state index is 0.0118. The molecule has 0 aromatic heterocycles. The summed E-state index contributed by atoms with van der Waals surface area (Å²) in [6.45, 7) is 0.0258. The van der Waals surface area contributed by atoms with Crippen LogP contribution in [0.2, 0.25) is 0 Å². The largest absolute Gasteiger partial charge is 0.480 e. The normalized spacial score (nSPS) is 17.4. The molecule has 38 heavy (non-hydrogen) atoms. The average Bonchev–Trinajstić information content (AvgIpc) is 3.17. The number of carbonyl (C=O) groups excluding carboxylic acids is 5. The van der Waals surface area contributed by atoms with E-state index in [1.807, 2.05) is 0 Å². The summed E-state index contributed by atoms with van der Waals surface area (Å²) in [4.78, 5) is 77.3. The van der Waals surface area contributed by atoms with Gasteiger partial charge in [0.05, 0.1) is 0 Å². The highest BCUT2D eigenvalue weighted by atomic mass is 16.5. The van der Waals surface area contributed by atoms with E-state index in [4.69, 9.17) is 4.74 Å². The Kier molecular flexibility index (Phi) is 9.96. The molecule has 1 aromatic rings. The van der Waals surface area contributed by atoms with Gasteiger partial charge in [0.25, 0.3) is 5.91 Å². The molecular weight excluding hydrogens is 502 g/mol. The lowest BCUT2D eigenvalue weighted by atomic mass is 10.1. The Balaban J connectivity index is 1.40. The number of ether oxygens (including phenoxy) is 1. The average molecular weight is 532 g/mol. The number of nitrogens with one attached hydrogen (secondary N) is 5. The van der Waals surface area contributed by atoms with E-state index in [-0.39, 0.29) is 25.4 Å². The Morgan fingerprint density at radius 1 is 1.16 bits per heavy atom. The van der Waals surface area contributed by atoms with Crippen molar-refractivity contribution in [3.63, 3.8) is 0 Å². The summed E-state index contributed by atoms with van der Waals surface area (Å²) in [6.07, 6.45) is -0.190. The van der Waals surface area contributed by atoms with Crippen molar-refractivity contribution in [2.24, 2.45) is 4.99 Å². The molecule has 15 nitrogen and oxygen atoms in total. The van der Waals surface area contributed by atoms with Gasteiger partial charge in [0.15, 0.2) is 5.96 Å². The highest BCUT2D eigenvalue weighted by molar-refractivity contribution is 6.06. The molecule has 0 bridgehead atoms. The molecule has 3 rings (SSSR count). The van der Waals surface area contributed by atoms with E-state index in [1.165, 1.54) is 0 Å². The van der Waals surface area contributed by atoms with Gasteiger partial charge < -0.3 is 31.1 Å². The van der Waals surface area contributed by atoms with Gasteiger partial charge in [0.1, 0.15) is 25.2 Å². The molecule has 0 radical (unpaired) electrons. The topological polar surface area (TPSA) is 208 Å². The van der Waals surface area contributed by atoms with Crippen LogP contribution in [0, 0.1) is 0 Å². The van der Waals surface area contributed by atoms with Gasteiger partial charge in [-0.3, -0.25) is 29.6 Å². The number of alkyl carbamates (subject to hydrolysis) is 1. The maximum Gasteiger partial charge on any atom is 0.408 e. The van der Waals surface area contributed by atoms with E-state index in [0.717, 1.165) is 6.42 Å². The number of aliphatic carboxylic acids is 1. The fraction of sp³-hybridized carbons (Fsp3) is 0.435. The van der Waals surface area contributed by atoms with E-state index >= 15 is 0 Å². The van der Waals surface area contributed by atoms with E-state index in [9.17, 15) is 33.9 Å². The summed E-state index contributed by atoms with van der Waals surface area (Å²) in [7, 11) is 0. The standard InChI is InChI=1S/C23H29N7O8/c31-17(29-21-24-9-4-10-25-21)8-7-15-19(33)30(22(36)27-15)12-18(32)26-11-16(20(34)35)28-23(37)38-13-14-5-2-1-3-6-14/h1-3,5-6,15-16H,4,7-13H2,(H,26,32)(H,27,36)(H,28,37)(H,34,35)(H2,24,25,29,31)/t15-,16-/m0/s1. The third-order valence-corrected chi connectivity index (χ3v) is 5.53. The van der Waals surface area contributed by atoms with Gasteiger partial charge in [0.2, 0.25) is 11.8 Å². The Morgan fingerprint density at radius 3 is 2.61 bits per heavy atom. The lowest BCUT2D eigenvalue weighted by Crippen LogP contribution is -2.50. The predicted molar refractivity (Wildman–Crippen MR) is 131 cm³/mol. The molecule has 0 spiro atoms. The zero-order valence-corrected chi connectivity index (χ0v) is 20.4. The van der Waals surface area contributed by atoms with Crippen molar-refractivity contribution in [2.75, 3.05) is 26.2 Å². The summed E-state index contributed by atoms with van der Waals surface area (Å²) in [5.74, 6) is -2.96. The smallest absolute Gasteiger partial charge is 0.408 e. The number of amides is 6. The number of guanidine groups is 1. The van der Waals surface area contributed by atoms with Crippen LogP contribution in [0.25, 0.3) is 0 Å². The number of hydrogen-bond donors (Lipinski definition) is 6. The molecule has 0 aliphatic carbocycles. The van der Waals surface area contributed by atoms with E-state index in [0.29, 0.717) is 29.5 Å². The molecule has 1 fully saturated rings. The molecule has 2 aliphatic heterocycles. The van der Waals surface area contributed by atoms with Crippen LogP contribution in [0.3, 0.4) is 0 Å². The molecular formula is C23H29N7O8. The minimum Gasteiger partial charge on any atom is -0.480 e. The first-order chi connectivity index (χ1) is 18.2. The van der Waals surface area contributed by atoms with E-state index < -0.39 is 55.1 Å². The molecule has 204 valence electrons. The monoisotopic (exact) mass is 531 g/mol. The van der Waals surface area contributed by atoms with Gasteiger partial charge in [-0.15, -0.1) is 0 Å². The van der Waals surface area contributed by atoms with Crippen molar-refractivity contribution in [3.05, 3.63) is 35.9 Å². The maximum absolute atomic E-state index is 12.6. The number of benzene rings is 1. The SMILES string of the molecule is O=C(CN1C(=O)N[C@@H](CCC(=O)NC2=NCCCN2)C1=O)NC[C@H](NC(=O)OCc1ccccc1)C(=O)O. The first kappa shape index (κ1) is 27.9. The zero-order chi connectivity index (χ0) is 27.5. The van der Waals surface area contributed by atoms with Crippen LogP contribution in [0.5, 0.6) is 0 Å². The van der Waals surface area contributed by atoms with Gasteiger partial charge in [-0.1, -0.05) is 30.3 Å². The second-order valence-corrected chi connectivity index (χ2v) is 8.42. The number of aliphatic imine (C=N–C) groups is 1. The van der Waals surface area contributed by atoms with Crippen molar-refractivity contribution < 1.29 is 38.6 Å². The van der Waals surface area contributed by atoms with Crippen LogP contribution in [-0.4, -0.2) is 90.0 Å². The van der Waals surface area contributed by atoms with E-state index in [2.05, 4.69) is 31.6 Å². The Morgan fingerprint density at radius 2 is 1.92 bits per heavy atom. The molecule has 6 amide bonds. The van der Waals surface area contributed by atoms with Gasteiger partial charge >= 0.3 is 18.1 Å². The third-order valence-electron chi connectivity index (χ3n) is 5.53. The molecule has 2 heterocycles. The molecule has 15 heteroatoms. The van der Waals surface area contributed by atoms with Crippen LogP contribution in [0.15, 0.2) is 35.3 Å². The maximum atomic E-state index is 12.6. The van der Waals surface area contributed by atoms with Gasteiger partial charge in [-0.05, 0) is 18.4 Å². The van der Waals surface area contributed by atoms with Crippen molar-refractivity contribution in [3.8, 4) is 0 Å². The lowest BCUT2D eigenvalue weighted by Gasteiger charge is -2.17. The highest BCUT2D eigenvalue weighted by Crippen LogP contribution is 2.11. The van der Waals surface area contributed by atoms with E-state index in [1.54, 1.807) is 30.3 Å². The lowest BCUT2D eigenvalue weighted by molar-refractivity contribution is -0.139. The van der Waals surface area contributed by atoms with Crippen LogP contribution < -0.4 is 26.6 Å². The Labute approximate surface area is 217 Å². The van der Waals surface area contributed by atoms with Crippen LogP contribution in [0.1, 0.15) is 24.8 Å². The first-order valence-electron chi connectivity index (χ1n) is 11.9. The van der Waals surface area contributed by atoms with Crippen molar-refractivity contribution in [2.45, 2.75) is 38.0 Å².